The van der Waals surface area contributed by atoms with Gasteiger partial charge < -0.3 is 0 Å². The van der Waals surface area contributed by atoms with Crippen LogP contribution in [0, 0.1) is 5.82 Å². The Morgan fingerprint density at radius 2 is 1.92 bits per heavy atom. The van der Waals surface area contributed by atoms with Crippen LogP contribution in [0.4, 0.5) is 4.39 Å². The molecule has 0 aliphatic heterocycles. The van der Waals surface area contributed by atoms with Crippen LogP contribution in [-0.2, 0) is 9.05 Å². The minimum atomic E-state index is -3.92. The van der Waals surface area contributed by atoms with Crippen molar-refractivity contribution in [3.8, 4) is 0 Å². The molecule has 0 amide bonds. The zero-order chi connectivity index (χ0) is 10.2. The van der Waals surface area contributed by atoms with E-state index in [0.717, 1.165) is 12.1 Å². The number of rotatable bonds is 1. The molecular formula is C6H2BrCl2FO2S. The van der Waals surface area contributed by atoms with Crippen molar-refractivity contribution < 1.29 is 12.8 Å². The van der Waals surface area contributed by atoms with Crippen LogP contribution >= 0.6 is 38.2 Å². The van der Waals surface area contributed by atoms with Gasteiger partial charge in [-0.2, -0.15) is 0 Å². The van der Waals surface area contributed by atoms with Gasteiger partial charge >= 0.3 is 0 Å². The van der Waals surface area contributed by atoms with Gasteiger partial charge in [0.05, 0.1) is 9.92 Å². The lowest BCUT2D eigenvalue weighted by atomic mass is 10.3. The van der Waals surface area contributed by atoms with Gasteiger partial charge in [0.25, 0.3) is 9.05 Å². The molecule has 0 heterocycles. The van der Waals surface area contributed by atoms with Crippen molar-refractivity contribution in [2.24, 2.45) is 0 Å². The van der Waals surface area contributed by atoms with Crippen molar-refractivity contribution in [3.63, 3.8) is 0 Å². The second-order valence-electron chi connectivity index (χ2n) is 2.14. The highest BCUT2D eigenvalue weighted by Crippen LogP contribution is 2.29. The molecule has 7 heteroatoms. The van der Waals surface area contributed by atoms with Gasteiger partial charge in [-0.05, 0) is 28.1 Å². The largest absolute Gasteiger partial charge is 0.261 e. The summed E-state index contributed by atoms with van der Waals surface area (Å²) in [5.41, 5.74) is 0. The quantitative estimate of drug-likeness (QED) is 0.590. The Labute approximate surface area is 92.2 Å². The minimum absolute atomic E-state index is 0.147. The average Bonchev–Trinajstić information content (AvgIpc) is 1.97. The predicted octanol–water partition coefficient (Wildman–Crippen LogP) is 3.17. The minimum Gasteiger partial charge on any atom is -0.207 e. The topological polar surface area (TPSA) is 34.1 Å². The summed E-state index contributed by atoms with van der Waals surface area (Å²) in [4.78, 5) is -0.331. The van der Waals surface area contributed by atoms with E-state index in [9.17, 15) is 12.8 Å². The van der Waals surface area contributed by atoms with Crippen molar-refractivity contribution in [3.05, 3.63) is 27.4 Å². The predicted molar refractivity (Wildman–Crippen MR) is 52.1 cm³/mol. The van der Waals surface area contributed by atoms with Crippen molar-refractivity contribution in [1.29, 1.82) is 0 Å². The highest BCUT2D eigenvalue weighted by atomic mass is 79.9. The fraction of sp³-hybridized carbons (Fsp3) is 0. The number of halogens is 4. The average molecular weight is 308 g/mol. The summed E-state index contributed by atoms with van der Waals surface area (Å²) in [6, 6.07) is 1.89. The second kappa shape index (κ2) is 3.73. The third-order valence-corrected chi connectivity index (χ3v) is 3.81. The van der Waals surface area contributed by atoms with E-state index < -0.39 is 14.9 Å². The molecule has 0 radical (unpaired) electrons. The summed E-state index contributed by atoms with van der Waals surface area (Å²) in [6.45, 7) is 0. The second-order valence-corrected chi connectivity index (χ2v) is 5.94. The fourth-order valence-electron chi connectivity index (χ4n) is 0.673. The SMILES string of the molecule is O=S(=O)(Cl)c1cc(F)c(Cl)c(Br)c1. The summed E-state index contributed by atoms with van der Waals surface area (Å²) in [7, 11) is 1.08. The van der Waals surface area contributed by atoms with E-state index in [-0.39, 0.29) is 14.4 Å². The van der Waals surface area contributed by atoms with Crippen molar-refractivity contribution in [1.82, 2.24) is 0 Å². The lowest BCUT2D eigenvalue weighted by Crippen LogP contribution is -1.92. The summed E-state index contributed by atoms with van der Waals surface area (Å²) >= 11 is 8.33. The summed E-state index contributed by atoms with van der Waals surface area (Å²) in [5, 5.41) is -0.177. The Morgan fingerprint density at radius 1 is 1.38 bits per heavy atom. The van der Waals surface area contributed by atoms with E-state index in [4.69, 9.17) is 22.3 Å². The van der Waals surface area contributed by atoms with E-state index in [0.29, 0.717) is 0 Å². The molecule has 0 spiro atoms. The lowest BCUT2D eigenvalue weighted by molar-refractivity contribution is 0.602. The van der Waals surface area contributed by atoms with Gasteiger partial charge in [-0.25, -0.2) is 12.8 Å². The summed E-state index contributed by atoms with van der Waals surface area (Å²) in [5.74, 6) is -0.838. The first-order valence-corrected chi connectivity index (χ1v) is 6.39. The van der Waals surface area contributed by atoms with Crippen molar-refractivity contribution in [2.75, 3.05) is 0 Å². The monoisotopic (exact) mass is 306 g/mol. The Morgan fingerprint density at radius 3 is 2.31 bits per heavy atom. The molecule has 0 bridgehead atoms. The van der Waals surface area contributed by atoms with Gasteiger partial charge in [-0.15, -0.1) is 0 Å². The molecule has 2 nitrogen and oxygen atoms in total. The number of hydrogen-bond donors (Lipinski definition) is 0. The smallest absolute Gasteiger partial charge is 0.207 e. The van der Waals surface area contributed by atoms with E-state index >= 15 is 0 Å². The normalized spacial score (nSPS) is 11.7. The van der Waals surface area contributed by atoms with Gasteiger partial charge in [0.15, 0.2) is 0 Å². The zero-order valence-electron chi connectivity index (χ0n) is 5.89. The molecule has 0 aliphatic rings. The molecule has 0 atom stereocenters. The molecule has 0 saturated carbocycles. The highest BCUT2D eigenvalue weighted by Gasteiger charge is 2.15. The van der Waals surface area contributed by atoms with Crippen molar-refractivity contribution >= 4 is 47.3 Å². The van der Waals surface area contributed by atoms with E-state index in [1.165, 1.54) is 0 Å². The molecule has 0 aromatic heterocycles. The first-order chi connectivity index (χ1) is 5.82. The third kappa shape index (κ3) is 2.56. The summed E-state index contributed by atoms with van der Waals surface area (Å²) < 4.78 is 34.6. The van der Waals surface area contributed by atoms with Crippen LogP contribution in [0.2, 0.25) is 5.02 Å². The maximum atomic E-state index is 12.9. The first kappa shape index (κ1) is 11.2. The van der Waals surface area contributed by atoms with E-state index in [1.54, 1.807) is 0 Å². The first-order valence-electron chi connectivity index (χ1n) is 2.91. The molecule has 1 aromatic carbocycles. The van der Waals surface area contributed by atoms with Crippen LogP contribution in [-0.4, -0.2) is 8.42 Å². The molecule has 1 rings (SSSR count). The Kier molecular flexibility index (Phi) is 3.22. The van der Waals surface area contributed by atoms with Crippen molar-refractivity contribution in [2.45, 2.75) is 4.90 Å². The fourth-order valence-corrected chi connectivity index (χ4v) is 2.14. The van der Waals surface area contributed by atoms with Crippen LogP contribution in [0.25, 0.3) is 0 Å². The van der Waals surface area contributed by atoms with Gasteiger partial charge in [-0.1, -0.05) is 11.6 Å². The Balaban J connectivity index is 3.47. The molecular weight excluding hydrogens is 306 g/mol. The van der Waals surface area contributed by atoms with Crippen LogP contribution in [0.1, 0.15) is 0 Å². The van der Waals surface area contributed by atoms with Gasteiger partial charge in [-0.3, -0.25) is 0 Å². The van der Waals surface area contributed by atoms with Crippen LogP contribution in [0.5, 0.6) is 0 Å². The number of benzene rings is 1. The van der Waals surface area contributed by atoms with Gasteiger partial charge in [0, 0.05) is 15.2 Å². The Hall–Kier alpha value is 0.160. The van der Waals surface area contributed by atoms with E-state index in [1.807, 2.05) is 0 Å². The molecule has 13 heavy (non-hydrogen) atoms. The van der Waals surface area contributed by atoms with Gasteiger partial charge in [0.2, 0.25) is 0 Å². The van der Waals surface area contributed by atoms with Crippen LogP contribution < -0.4 is 0 Å². The van der Waals surface area contributed by atoms with E-state index in [2.05, 4.69) is 15.9 Å². The Bertz CT molecular complexity index is 423. The highest BCUT2D eigenvalue weighted by molar-refractivity contribution is 9.10. The number of hydrogen-bond acceptors (Lipinski definition) is 2. The molecule has 0 aliphatic carbocycles. The lowest BCUT2D eigenvalue weighted by Gasteiger charge is -2.00. The van der Waals surface area contributed by atoms with Crippen LogP contribution in [0.3, 0.4) is 0 Å². The standard InChI is InChI=1S/C6H2BrCl2FO2S/c7-4-1-3(13(9,11)12)2-5(10)6(4)8/h1-2H. The maximum absolute atomic E-state index is 12.9. The van der Waals surface area contributed by atoms with Gasteiger partial charge in [0.1, 0.15) is 5.82 Å². The molecule has 0 saturated heterocycles. The summed E-state index contributed by atoms with van der Waals surface area (Å²) in [6.07, 6.45) is 0. The van der Waals surface area contributed by atoms with Crippen LogP contribution in [0.15, 0.2) is 21.5 Å². The molecule has 0 unspecified atom stereocenters. The third-order valence-electron chi connectivity index (χ3n) is 1.24. The maximum Gasteiger partial charge on any atom is 0.261 e. The molecule has 0 N–H and O–H groups in total. The zero-order valence-corrected chi connectivity index (χ0v) is 9.81. The molecule has 1 aromatic rings. The molecule has 72 valence electrons. The molecule has 0 fully saturated rings.